The minimum absolute atomic E-state index is 0.00259. The molecule has 1 aliphatic carbocycles. The largest absolute Gasteiger partial charge is 0.400 e. The van der Waals surface area contributed by atoms with Crippen molar-refractivity contribution in [3.63, 3.8) is 0 Å². The maximum absolute atomic E-state index is 13.3. The summed E-state index contributed by atoms with van der Waals surface area (Å²) >= 11 is 8.51. The predicted molar refractivity (Wildman–Crippen MR) is 188 cm³/mol. The zero-order valence-electron chi connectivity index (χ0n) is 28.5. The Bertz CT molecular complexity index is 1220. The molecule has 1 aromatic carbocycles. The molecule has 4 unspecified atom stereocenters. The zero-order chi connectivity index (χ0) is 33.7. The Hall–Kier alpha value is -1.58. The molecule has 8 heteroatoms. The van der Waals surface area contributed by atoms with Gasteiger partial charge in [-0.2, -0.15) is 0 Å². The number of carbonyl (C=O) groups is 1. The molecule has 3 N–H and O–H groups in total. The van der Waals surface area contributed by atoms with Crippen molar-refractivity contribution in [1.82, 2.24) is 0 Å². The van der Waals surface area contributed by atoms with Crippen LogP contribution in [-0.4, -0.2) is 59.9 Å². The molecule has 254 valence electrons. The highest BCUT2D eigenvalue weighted by atomic mass is 35.5. The van der Waals surface area contributed by atoms with Crippen LogP contribution < -0.4 is 0 Å². The molecule has 0 radical (unpaired) electrons. The number of halogens is 1. The summed E-state index contributed by atoms with van der Waals surface area (Å²) in [5.74, 6) is 0.803. The number of thiophene rings is 1. The summed E-state index contributed by atoms with van der Waals surface area (Å²) in [6.07, 6.45) is 13.6. The van der Waals surface area contributed by atoms with Crippen molar-refractivity contribution in [2.45, 2.75) is 111 Å². The fourth-order valence-electron chi connectivity index (χ4n) is 6.36. The molecule has 2 aromatic rings. The number of fused-ring (bicyclic) bond motifs is 1. The first kappa shape index (κ1) is 39.6. The van der Waals surface area contributed by atoms with Crippen LogP contribution >= 0.6 is 22.9 Å². The molecule has 2 aliphatic rings. The number of hydrogen-bond acceptors (Lipinski definition) is 7. The summed E-state index contributed by atoms with van der Waals surface area (Å²) < 4.78 is 13.9. The minimum atomic E-state index is -0.696. The Morgan fingerprint density at radius 2 is 1.80 bits per heavy atom. The number of unbranched alkanes of at least 4 members (excludes halogenated alkanes) is 2. The first-order chi connectivity index (χ1) is 21.5. The number of allylic oxidation sites excluding steroid dienone is 3. The van der Waals surface area contributed by atoms with Gasteiger partial charge in [0, 0.05) is 40.5 Å². The van der Waals surface area contributed by atoms with Crippen molar-refractivity contribution in [1.29, 1.82) is 0 Å². The number of aliphatic hydroxyl groups excluding tert-OH is 3. The van der Waals surface area contributed by atoms with Gasteiger partial charge in [-0.3, -0.25) is 4.79 Å². The average molecular weight is 665 g/mol. The van der Waals surface area contributed by atoms with Gasteiger partial charge in [-0.25, -0.2) is 0 Å². The molecule has 6 nitrogen and oxygen atoms in total. The second kappa shape index (κ2) is 19.3. The van der Waals surface area contributed by atoms with Crippen LogP contribution in [0.3, 0.4) is 0 Å². The number of hydrogen-bond donors (Lipinski definition) is 3. The van der Waals surface area contributed by atoms with E-state index in [1.165, 1.54) is 17.5 Å². The van der Waals surface area contributed by atoms with Crippen LogP contribution in [0, 0.1) is 29.1 Å². The lowest BCUT2D eigenvalue weighted by molar-refractivity contribution is -0.275. The summed E-state index contributed by atoms with van der Waals surface area (Å²) in [7, 11) is 2.00. The number of Topliss-reactive ketones (excluding diaryl/α,β-unsaturated/α-hetero) is 1. The number of benzene rings is 1. The summed E-state index contributed by atoms with van der Waals surface area (Å²) in [4.78, 5) is 14.5. The highest BCUT2D eigenvalue weighted by molar-refractivity contribution is 7.19. The van der Waals surface area contributed by atoms with E-state index in [1.807, 2.05) is 12.1 Å². The van der Waals surface area contributed by atoms with Crippen LogP contribution in [0.15, 0.2) is 48.6 Å². The molecule has 0 bridgehead atoms. The smallest absolute Gasteiger partial charge is 0.184 e. The van der Waals surface area contributed by atoms with Crippen LogP contribution in [0.2, 0.25) is 5.02 Å². The van der Waals surface area contributed by atoms with Gasteiger partial charge in [-0.05, 0) is 62.8 Å². The molecule has 0 amide bonds. The lowest BCUT2D eigenvalue weighted by Crippen LogP contribution is -2.50. The van der Waals surface area contributed by atoms with Crippen molar-refractivity contribution in [3.8, 4) is 0 Å². The molecular weight excluding hydrogens is 608 g/mol. The van der Waals surface area contributed by atoms with Gasteiger partial charge in [-0.15, -0.1) is 11.3 Å². The first-order valence-corrected chi connectivity index (χ1v) is 17.6. The third-order valence-electron chi connectivity index (χ3n) is 9.42. The summed E-state index contributed by atoms with van der Waals surface area (Å²) in [6.45, 7) is 12.6. The second-order valence-electron chi connectivity index (χ2n) is 12.9. The van der Waals surface area contributed by atoms with Crippen LogP contribution in [0.4, 0.5) is 0 Å². The lowest BCUT2D eigenvalue weighted by Gasteiger charge is -2.42. The van der Waals surface area contributed by atoms with E-state index < -0.39 is 12.4 Å². The van der Waals surface area contributed by atoms with Gasteiger partial charge in [0.1, 0.15) is 11.9 Å². The van der Waals surface area contributed by atoms with Crippen LogP contribution in [-0.2, 0) is 20.7 Å². The Labute approximate surface area is 280 Å². The summed E-state index contributed by atoms with van der Waals surface area (Å²) in [6, 6.07) is 8.23. The van der Waals surface area contributed by atoms with E-state index in [1.54, 1.807) is 11.3 Å². The number of aliphatic hydroxyl groups is 3. The van der Waals surface area contributed by atoms with Crippen molar-refractivity contribution in [3.05, 3.63) is 58.5 Å². The highest BCUT2D eigenvalue weighted by Crippen LogP contribution is 2.45. The number of rotatable bonds is 12. The van der Waals surface area contributed by atoms with Gasteiger partial charge in [0.25, 0.3) is 0 Å². The van der Waals surface area contributed by atoms with Gasteiger partial charge in [-0.1, -0.05) is 102 Å². The maximum Gasteiger partial charge on any atom is 0.184 e. The molecule has 2 fully saturated rings. The Morgan fingerprint density at radius 1 is 1.11 bits per heavy atom. The van der Waals surface area contributed by atoms with E-state index in [0.717, 1.165) is 55.2 Å². The van der Waals surface area contributed by atoms with Crippen LogP contribution in [0.25, 0.3) is 10.1 Å². The van der Waals surface area contributed by atoms with E-state index in [2.05, 4.69) is 78.0 Å². The average Bonchev–Trinajstić information content (AvgIpc) is 3.48. The van der Waals surface area contributed by atoms with Crippen molar-refractivity contribution in [2.75, 3.05) is 14.2 Å². The molecule has 1 aliphatic heterocycles. The molecule has 0 spiro atoms. The number of aryl methyl sites for hydroxylation is 1. The standard InChI is InChI=1S/C35H49ClO4S.2CH4O/c1-7-8-9-10-11-14-27-25(21-35(5,6)33(27)38)17-18-26(40-34-32(37)23(3)22(2)24(4)39-34)19-20-30-31(36)28-15-12-13-16-29(28)41-30;2*1-2/h10-13,15-18,22-27,32,34,37H,7-9,14,19-21H2,1-6H3;2*2H,1H3/b11-10-,18-17+;;/t22?,23-,24+,25-,26?,27+,32?,34?;;/m0../s1. The minimum Gasteiger partial charge on any atom is -0.400 e. The fourth-order valence-corrected chi connectivity index (χ4v) is 7.90. The summed E-state index contributed by atoms with van der Waals surface area (Å²) in [5, 5.41) is 26.9. The topological polar surface area (TPSA) is 96.2 Å². The van der Waals surface area contributed by atoms with Gasteiger partial charge in [0.15, 0.2) is 6.29 Å². The normalized spacial score (nSPS) is 28.6. The first-order valence-electron chi connectivity index (χ1n) is 16.5. The van der Waals surface area contributed by atoms with Gasteiger partial charge < -0.3 is 24.8 Å². The molecule has 4 rings (SSSR count). The van der Waals surface area contributed by atoms with Crippen LogP contribution in [0.1, 0.15) is 84.9 Å². The predicted octanol–water partition coefficient (Wildman–Crippen LogP) is 8.39. The van der Waals surface area contributed by atoms with Gasteiger partial charge in [0.2, 0.25) is 0 Å². The fraction of sp³-hybridized carbons (Fsp3) is 0.649. The maximum atomic E-state index is 13.3. The number of ketones is 1. The number of ether oxygens (including phenoxy) is 2. The third-order valence-corrected chi connectivity index (χ3v) is 11.2. The zero-order valence-corrected chi connectivity index (χ0v) is 30.1. The van der Waals surface area contributed by atoms with E-state index in [-0.39, 0.29) is 41.3 Å². The molecule has 1 aromatic heterocycles. The van der Waals surface area contributed by atoms with Crippen LogP contribution in [0.5, 0.6) is 0 Å². The van der Waals surface area contributed by atoms with Crippen molar-refractivity contribution in [2.24, 2.45) is 29.1 Å². The van der Waals surface area contributed by atoms with Crippen molar-refractivity contribution >= 4 is 38.8 Å². The Balaban J connectivity index is 0.00000169. The van der Waals surface area contributed by atoms with E-state index >= 15 is 0 Å². The molecular formula is C37H57ClO6S. The van der Waals surface area contributed by atoms with Gasteiger partial charge in [0.05, 0.1) is 17.2 Å². The third kappa shape index (κ3) is 10.5. The number of carbonyl (C=O) groups excluding carboxylic acids is 1. The van der Waals surface area contributed by atoms with E-state index in [0.29, 0.717) is 12.2 Å². The molecule has 1 saturated carbocycles. The SMILES string of the molecule is CCCC/C=C\C[C@H]1C(=O)C(C)(C)C[C@@H]1/C=C/C(CCc1sc2ccccc2c1Cl)OC1O[C@H](C)C(C)[C@H](C)C1O.CO.CO. The quantitative estimate of drug-likeness (QED) is 0.156. The summed E-state index contributed by atoms with van der Waals surface area (Å²) in [5.41, 5.74) is -0.332. The lowest BCUT2D eigenvalue weighted by atomic mass is 9.84. The molecule has 2 heterocycles. The Morgan fingerprint density at radius 3 is 2.47 bits per heavy atom. The molecule has 8 atom stereocenters. The Kier molecular flexibility index (Phi) is 17.0. The molecule has 45 heavy (non-hydrogen) atoms. The highest BCUT2D eigenvalue weighted by Gasteiger charge is 2.45. The second-order valence-corrected chi connectivity index (χ2v) is 14.4. The van der Waals surface area contributed by atoms with E-state index in [4.69, 9.17) is 31.3 Å². The van der Waals surface area contributed by atoms with E-state index in [9.17, 15) is 9.90 Å². The molecule has 1 saturated heterocycles. The van der Waals surface area contributed by atoms with Crippen molar-refractivity contribution < 1.29 is 29.6 Å². The monoisotopic (exact) mass is 664 g/mol. The van der Waals surface area contributed by atoms with Gasteiger partial charge >= 0.3 is 0 Å².